The number of amides is 1. The molecule has 0 aliphatic heterocycles. The lowest BCUT2D eigenvalue weighted by atomic mass is 10.1. The summed E-state index contributed by atoms with van der Waals surface area (Å²) in [4.78, 5) is 25.7. The van der Waals surface area contributed by atoms with Gasteiger partial charge >= 0.3 is 5.97 Å². The third-order valence-electron chi connectivity index (χ3n) is 4.11. The summed E-state index contributed by atoms with van der Waals surface area (Å²) in [6, 6.07) is 19.2. The van der Waals surface area contributed by atoms with Crippen LogP contribution in [0.4, 0.5) is 5.00 Å². The molecule has 29 heavy (non-hydrogen) atoms. The molecule has 1 heterocycles. The van der Waals surface area contributed by atoms with Gasteiger partial charge in [0, 0.05) is 11.3 Å². The van der Waals surface area contributed by atoms with Crippen LogP contribution in [0.1, 0.15) is 33.3 Å². The van der Waals surface area contributed by atoms with Crippen LogP contribution < -0.4 is 10.1 Å². The van der Waals surface area contributed by atoms with Gasteiger partial charge in [-0.3, -0.25) is 4.79 Å². The van der Waals surface area contributed by atoms with Crippen LogP contribution in [-0.4, -0.2) is 25.1 Å². The number of carbonyl (C=O) groups is 2. The summed E-state index contributed by atoms with van der Waals surface area (Å²) in [6.07, 6.45) is 0.674. The smallest absolute Gasteiger partial charge is 0.341 e. The number of benzene rings is 2. The van der Waals surface area contributed by atoms with Crippen LogP contribution in [-0.2, 0) is 16.0 Å². The standard InChI is InChI=1S/C23H23NO4S/c1-3-27-23(26)20-14-19(13-17-9-5-4-6-10-17)29-22(20)24-21(25)15-28-18-11-7-8-16(2)12-18/h4-12,14H,3,13,15H2,1-2H3,(H,24,25). The highest BCUT2D eigenvalue weighted by atomic mass is 32.1. The summed E-state index contributed by atoms with van der Waals surface area (Å²) in [5.74, 6) is -0.148. The van der Waals surface area contributed by atoms with E-state index >= 15 is 0 Å². The van der Waals surface area contributed by atoms with Gasteiger partial charge in [0.1, 0.15) is 10.8 Å². The van der Waals surface area contributed by atoms with E-state index in [4.69, 9.17) is 9.47 Å². The molecule has 0 bridgehead atoms. The first-order chi connectivity index (χ1) is 14.0. The zero-order chi connectivity index (χ0) is 20.6. The number of esters is 1. The Labute approximate surface area is 174 Å². The summed E-state index contributed by atoms with van der Waals surface area (Å²) < 4.78 is 10.7. The van der Waals surface area contributed by atoms with Crippen LogP contribution in [0.3, 0.4) is 0 Å². The first-order valence-electron chi connectivity index (χ1n) is 9.38. The van der Waals surface area contributed by atoms with Crippen molar-refractivity contribution in [2.45, 2.75) is 20.3 Å². The molecule has 0 aliphatic carbocycles. The van der Waals surface area contributed by atoms with E-state index in [0.29, 0.717) is 22.7 Å². The highest BCUT2D eigenvalue weighted by Crippen LogP contribution is 2.30. The molecule has 1 N–H and O–H groups in total. The number of rotatable bonds is 8. The number of hydrogen-bond donors (Lipinski definition) is 1. The molecule has 0 aliphatic rings. The Morgan fingerprint density at radius 2 is 1.83 bits per heavy atom. The van der Waals surface area contributed by atoms with Crippen molar-refractivity contribution in [1.82, 2.24) is 0 Å². The van der Waals surface area contributed by atoms with Crippen molar-refractivity contribution in [2.75, 3.05) is 18.5 Å². The van der Waals surface area contributed by atoms with Gasteiger partial charge in [-0.25, -0.2) is 4.79 Å². The molecule has 5 nitrogen and oxygen atoms in total. The van der Waals surface area contributed by atoms with Crippen LogP contribution in [0.15, 0.2) is 60.7 Å². The van der Waals surface area contributed by atoms with Crippen LogP contribution in [0.2, 0.25) is 0 Å². The first-order valence-corrected chi connectivity index (χ1v) is 10.2. The monoisotopic (exact) mass is 409 g/mol. The molecule has 0 spiro atoms. The average Bonchev–Trinajstić information content (AvgIpc) is 3.09. The maximum Gasteiger partial charge on any atom is 0.341 e. The Morgan fingerprint density at radius 3 is 2.55 bits per heavy atom. The number of thiophene rings is 1. The predicted molar refractivity (Wildman–Crippen MR) is 115 cm³/mol. The van der Waals surface area contributed by atoms with E-state index in [1.54, 1.807) is 19.1 Å². The van der Waals surface area contributed by atoms with Gasteiger partial charge in [-0.2, -0.15) is 0 Å². The van der Waals surface area contributed by atoms with Gasteiger partial charge in [0.2, 0.25) is 0 Å². The number of aryl methyl sites for hydroxylation is 1. The normalized spacial score (nSPS) is 10.4. The molecule has 3 aromatic rings. The number of anilines is 1. The SMILES string of the molecule is CCOC(=O)c1cc(Cc2ccccc2)sc1NC(=O)COc1cccc(C)c1. The molecule has 0 saturated heterocycles. The maximum atomic E-state index is 12.4. The Hall–Kier alpha value is -3.12. The second-order valence-electron chi connectivity index (χ2n) is 6.49. The average molecular weight is 410 g/mol. The third kappa shape index (κ3) is 5.93. The van der Waals surface area contributed by atoms with E-state index in [1.807, 2.05) is 55.5 Å². The van der Waals surface area contributed by atoms with Crippen molar-refractivity contribution in [3.05, 3.63) is 82.2 Å². The lowest BCUT2D eigenvalue weighted by Gasteiger charge is -2.08. The third-order valence-corrected chi connectivity index (χ3v) is 5.16. The minimum Gasteiger partial charge on any atom is -0.484 e. The largest absolute Gasteiger partial charge is 0.484 e. The van der Waals surface area contributed by atoms with Crippen LogP contribution in [0.25, 0.3) is 0 Å². The fourth-order valence-corrected chi connectivity index (χ4v) is 3.89. The van der Waals surface area contributed by atoms with Gasteiger partial charge < -0.3 is 14.8 Å². The predicted octanol–water partition coefficient (Wildman–Crippen LogP) is 4.84. The second-order valence-corrected chi connectivity index (χ2v) is 7.63. The number of carbonyl (C=O) groups excluding carboxylic acids is 2. The molecule has 0 atom stereocenters. The topological polar surface area (TPSA) is 64.6 Å². The summed E-state index contributed by atoms with van der Waals surface area (Å²) in [5.41, 5.74) is 2.55. The van der Waals surface area contributed by atoms with E-state index in [1.165, 1.54) is 11.3 Å². The molecule has 6 heteroatoms. The van der Waals surface area contributed by atoms with Gasteiger partial charge in [0.15, 0.2) is 6.61 Å². The number of hydrogen-bond acceptors (Lipinski definition) is 5. The van der Waals surface area contributed by atoms with Crippen molar-refractivity contribution in [3.63, 3.8) is 0 Å². The molecule has 150 valence electrons. The van der Waals surface area contributed by atoms with Gasteiger partial charge in [-0.15, -0.1) is 11.3 Å². The van der Waals surface area contributed by atoms with E-state index in [0.717, 1.165) is 16.0 Å². The summed E-state index contributed by atoms with van der Waals surface area (Å²) >= 11 is 1.37. The first kappa shape index (κ1) is 20.6. The second kappa shape index (κ2) is 9.89. The van der Waals surface area contributed by atoms with Crippen molar-refractivity contribution in [1.29, 1.82) is 0 Å². The van der Waals surface area contributed by atoms with E-state index in [9.17, 15) is 9.59 Å². The van der Waals surface area contributed by atoms with E-state index < -0.39 is 5.97 Å². The van der Waals surface area contributed by atoms with Gasteiger partial charge in [0.05, 0.1) is 12.2 Å². The highest BCUT2D eigenvalue weighted by Gasteiger charge is 2.19. The Morgan fingerprint density at radius 1 is 1.03 bits per heavy atom. The lowest BCUT2D eigenvalue weighted by molar-refractivity contribution is -0.118. The molecule has 0 saturated carbocycles. The Balaban J connectivity index is 1.71. The molecule has 2 aromatic carbocycles. The zero-order valence-corrected chi connectivity index (χ0v) is 17.3. The van der Waals surface area contributed by atoms with E-state index in [-0.39, 0.29) is 19.1 Å². The molecular formula is C23H23NO4S. The van der Waals surface area contributed by atoms with E-state index in [2.05, 4.69) is 5.32 Å². The zero-order valence-electron chi connectivity index (χ0n) is 16.4. The fourth-order valence-electron chi connectivity index (χ4n) is 2.80. The fraction of sp³-hybridized carbons (Fsp3) is 0.217. The Kier molecular flexibility index (Phi) is 7.03. The van der Waals surface area contributed by atoms with Crippen molar-refractivity contribution >= 4 is 28.2 Å². The number of ether oxygens (including phenoxy) is 2. The molecule has 1 aromatic heterocycles. The minimum atomic E-state index is -0.446. The molecule has 0 fully saturated rings. The van der Waals surface area contributed by atoms with Crippen molar-refractivity contribution in [3.8, 4) is 5.75 Å². The Bertz CT molecular complexity index is 982. The quantitative estimate of drug-likeness (QED) is 0.541. The lowest BCUT2D eigenvalue weighted by Crippen LogP contribution is -2.21. The highest BCUT2D eigenvalue weighted by molar-refractivity contribution is 7.16. The van der Waals surface area contributed by atoms with Crippen LogP contribution in [0.5, 0.6) is 5.75 Å². The van der Waals surface area contributed by atoms with Crippen LogP contribution in [0, 0.1) is 6.92 Å². The number of nitrogens with one attached hydrogen (secondary N) is 1. The summed E-state index contributed by atoms with van der Waals surface area (Å²) in [6.45, 7) is 3.84. The van der Waals surface area contributed by atoms with Gasteiger partial charge in [-0.1, -0.05) is 42.5 Å². The van der Waals surface area contributed by atoms with Crippen LogP contribution >= 0.6 is 11.3 Å². The maximum absolute atomic E-state index is 12.4. The molecule has 0 unspecified atom stereocenters. The van der Waals surface area contributed by atoms with Crippen molar-refractivity contribution in [2.24, 2.45) is 0 Å². The summed E-state index contributed by atoms with van der Waals surface area (Å²) in [7, 11) is 0. The molecule has 0 radical (unpaired) electrons. The molecule has 3 rings (SSSR count). The molecule has 1 amide bonds. The molecular weight excluding hydrogens is 386 g/mol. The van der Waals surface area contributed by atoms with Gasteiger partial charge in [-0.05, 0) is 43.2 Å². The summed E-state index contributed by atoms with van der Waals surface area (Å²) in [5, 5.41) is 3.27. The minimum absolute atomic E-state index is 0.141. The van der Waals surface area contributed by atoms with Crippen molar-refractivity contribution < 1.29 is 19.1 Å². The van der Waals surface area contributed by atoms with Gasteiger partial charge in [0.25, 0.3) is 5.91 Å².